The zero-order chi connectivity index (χ0) is 58.5. The second kappa shape index (κ2) is 70.6. The van der Waals surface area contributed by atoms with Gasteiger partial charge < -0.3 is 14.2 Å². The number of carbonyl (C=O) groups excluding carboxylic acids is 3. The van der Waals surface area contributed by atoms with Crippen molar-refractivity contribution in [2.24, 2.45) is 0 Å². The number of unbranched alkanes of at least 4 members (excludes halogenated alkanes) is 57. The average Bonchev–Trinajstić information content (AvgIpc) is 3.46. The largest absolute Gasteiger partial charge is 0.462 e. The molecule has 0 aromatic carbocycles. The molecule has 480 valence electrons. The van der Waals surface area contributed by atoms with Crippen molar-refractivity contribution in [3.05, 3.63) is 12.2 Å². The summed E-state index contributed by atoms with van der Waals surface area (Å²) < 4.78 is 17.0. The van der Waals surface area contributed by atoms with Crippen LogP contribution >= 0.6 is 0 Å². The van der Waals surface area contributed by atoms with Gasteiger partial charge in [-0.1, -0.05) is 380 Å². The molecule has 0 saturated heterocycles. The van der Waals surface area contributed by atoms with Crippen LogP contribution in [0.3, 0.4) is 0 Å². The van der Waals surface area contributed by atoms with Crippen LogP contribution < -0.4 is 0 Å². The van der Waals surface area contributed by atoms with E-state index in [0.29, 0.717) is 19.3 Å². The standard InChI is InChI=1S/C75H144O6/c1-4-7-10-13-16-19-22-25-27-29-31-33-34-35-36-37-38-39-40-42-43-45-47-50-53-56-59-62-65-68-74(77)80-71-72(70-79-73(76)67-64-61-58-55-52-49-24-21-18-15-12-9-6-3)81-75(78)69-66-63-60-57-54-51-48-46-44-41-32-30-28-26-23-20-17-14-11-8-5-2/h30,32,72H,4-29,31,33-71H2,1-3H3/b32-30-. The third kappa shape index (κ3) is 68.8. The van der Waals surface area contributed by atoms with Crippen LogP contribution in [0.5, 0.6) is 0 Å². The van der Waals surface area contributed by atoms with Crippen molar-refractivity contribution < 1.29 is 28.6 Å². The molecule has 0 amide bonds. The molecule has 0 aliphatic heterocycles. The second-order valence-corrected chi connectivity index (χ2v) is 25.6. The van der Waals surface area contributed by atoms with Crippen LogP contribution in [-0.2, 0) is 28.6 Å². The molecular formula is C75H144O6. The Morgan fingerprint density at radius 1 is 0.235 bits per heavy atom. The molecule has 0 N–H and O–H groups in total. The fourth-order valence-corrected chi connectivity index (χ4v) is 11.7. The number of hydrogen-bond donors (Lipinski definition) is 0. The van der Waals surface area contributed by atoms with Gasteiger partial charge in [0.05, 0.1) is 0 Å². The molecule has 0 spiro atoms. The Hall–Kier alpha value is -1.85. The Labute approximate surface area is 507 Å². The number of allylic oxidation sites excluding steroid dienone is 2. The van der Waals surface area contributed by atoms with Crippen molar-refractivity contribution in [1.82, 2.24) is 0 Å². The van der Waals surface area contributed by atoms with Gasteiger partial charge >= 0.3 is 17.9 Å². The molecule has 1 atom stereocenters. The van der Waals surface area contributed by atoms with Gasteiger partial charge in [-0.3, -0.25) is 14.4 Å². The molecule has 1 unspecified atom stereocenters. The van der Waals surface area contributed by atoms with E-state index in [0.717, 1.165) is 57.8 Å². The van der Waals surface area contributed by atoms with Gasteiger partial charge in [-0.2, -0.15) is 0 Å². The van der Waals surface area contributed by atoms with E-state index in [4.69, 9.17) is 14.2 Å². The molecule has 0 aromatic rings. The summed E-state index contributed by atoms with van der Waals surface area (Å²) >= 11 is 0. The van der Waals surface area contributed by atoms with Gasteiger partial charge in [0.25, 0.3) is 0 Å². The lowest BCUT2D eigenvalue weighted by atomic mass is 10.0. The minimum absolute atomic E-state index is 0.0637. The molecule has 0 saturated carbocycles. The predicted octanol–water partition coefficient (Wildman–Crippen LogP) is 25.6. The highest BCUT2D eigenvalue weighted by atomic mass is 16.6. The van der Waals surface area contributed by atoms with E-state index in [9.17, 15) is 14.4 Å². The highest BCUT2D eigenvalue weighted by Gasteiger charge is 2.20. The Balaban J connectivity index is 4.15. The number of ether oxygens (including phenoxy) is 3. The summed E-state index contributed by atoms with van der Waals surface area (Å²) in [6.07, 6.45) is 85.5. The van der Waals surface area contributed by atoms with Gasteiger partial charge in [0.15, 0.2) is 6.10 Å². The molecule has 0 rings (SSSR count). The Kier molecular flexibility index (Phi) is 69.0. The normalized spacial score (nSPS) is 12.0. The molecular weight excluding hydrogens is 997 g/mol. The van der Waals surface area contributed by atoms with Gasteiger partial charge in [-0.05, 0) is 44.9 Å². The van der Waals surface area contributed by atoms with Gasteiger partial charge in [-0.15, -0.1) is 0 Å². The SMILES string of the molecule is CCCCCCCCCC/C=C\CCCCCCCCCCCC(=O)OC(COC(=O)CCCCCCCCCCCCCCC)COC(=O)CCCCCCCCCCCCCCCCCCCCCCCCCCCCCCC. The lowest BCUT2D eigenvalue weighted by molar-refractivity contribution is -0.167. The smallest absolute Gasteiger partial charge is 0.306 e. The van der Waals surface area contributed by atoms with Gasteiger partial charge in [0.2, 0.25) is 0 Å². The third-order valence-electron chi connectivity index (χ3n) is 17.3. The summed E-state index contributed by atoms with van der Waals surface area (Å²) in [7, 11) is 0. The molecule has 0 aliphatic carbocycles. The number of rotatable bonds is 70. The summed E-state index contributed by atoms with van der Waals surface area (Å²) in [6, 6.07) is 0. The zero-order valence-corrected chi connectivity index (χ0v) is 55.4. The molecule has 0 heterocycles. The summed E-state index contributed by atoms with van der Waals surface area (Å²) in [5.74, 6) is -0.829. The molecule has 0 radical (unpaired) electrons. The molecule has 6 nitrogen and oxygen atoms in total. The molecule has 0 aliphatic rings. The maximum Gasteiger partial charge on any atom is 0.306 e. The van der Waals surface area contributed by atoms with Crippen LogP contribution in [0.4, 0.5) is 0 Å². The van der Waals surface area contributed by atoms with E-state index in [-0.39, 0.29) is 31.1 Å². The molecule has 0 aromatic heterocycles. The first-order valence-electron chi connectivity index (χ1n) is 37.2. The molecule has 0 fully saturated rings. The van der Waals surface area contributed by atoms with E-state index in [1.807, 2.05) is 0 Å². The average molecular weight is 1140 g/mol. The fraction of sp³-hybridized carbons (Fsp3) is 0.933. The van der Waals surface area contributed by atoms with E-state index in [1.54, 1.807) is 0 Å². The fourth-order valence-electron chi connectivity index (χ4n) is 11.7. The van der Waals surface area contributed by atoms with Gasteiger partial charge in [-0.25, -0.2) is 0 Å². The highest BCUT2D eigenvalue weighted by Crippen LogP contribution is 2.19. The van der Waals surface area contributed by atoms with Gasteiger partial charge in [0.1, 0.15) is 13.2 Å². The second-order valence-electron chi connectivity index (χ2n) is 25.6. The van der Waals surface area contributed by atoms with Crippen LogP contribution in [0.25, 0.3) is 0 Å². The molecule has 0 bridgehead atoms. The molecule has 6 heteroatoms. The maximum atomic E-state index is 13.0. The Morgan fingerprint density at radius 3 is 0.617 bits per heavy atom. The summed E-state index contributed by atoms with van der Waals surface area (Å²) in [4.78, 5) is 38.4. The van der Waals surface area contributed by atoms with E-state index >= 15 is 0 Å². The summed E-state index contributed by atoms with van der Waals surface area (Å²) in [6.45, 7) is 6.73. The lowest BCUT2D eigenvalue weighted by Gasteiger charge is -2.18. The first-order chi connectivity index (χ1) is 40.0. The topological polar surface area (TPSA) is 78.9 Å². The first-order valence-corrected chi connectivity index (χ1v) is 37.2. The first kappa shape index (κ1) is 79.2. The van der Waals surface area contributed by atoms with Crippen LogP contribution in [0.15, 0.2) is 12.2 Å². The summed E-state index contributed by atoms with van der Waals surface area (Å²) in [5.41, 5.74) is 0. The number of carbonyl (C=O) groups is 3. The highest BCUT2D eigenvalue weighted by molar-refractivity contribution is 5.71. The van der Waals surface area contributed by atoms with Crippen LogP contribution in [-0.4, -0.2) is 37.2 Å². The number of hydrogen-bond acceptors (Lipinski definition) is 6. The van der Waals surface area contributed by atoms with Crippen molar-refractivity contribution in [2.45, 2.75) is 438 Å². The van der Waals surface area contributed by atoms with E-state index < -0.39 is 6.10 Å². The third-order valence-corrected chi connectivity index (χ3v) is 17.3. The minimum atomic E-state index is -0.768. The molecule has 81 heavy (non-hydrogen) atoms. The van der Waals surface area contributed by atoms with Crippen LogP contribution in [0.2, 0.25) is 0 Å². The maximum absolute atomic E-state index is 13.0. The number of esters is 3. The zero-order valence-electron chi connectivity index (χ0n) is 55.4. The minimum Gasteiger partial charge on any atom is -0.462 e. The van der Waals surface area contributed by atoms with Crippen molar-refractivity contribution in [3.8, 4) is 0 Å². The van der Waals surface area contributed by atoms with Crippen molar-refractivity contribution in [3.63, 3.8) is 0 Å². The van der Waals surface area contributed by atoms with Crippen LogP contribution in [0.1, 0.15) is 432 Å². The summed E-state index contributed by atoms with van der Waals surface area (Å²) in [5, 5.41) is 0. The van der Waals surface area contributed by atoms with Crippen LogP contribution in [0, 0.1) is 0 Å². The van der Waals surface area contributed by atoms with E-state index in [2.05, 4.69) is 32.9 Å². The Bertz CT molecular complexity index is 1260. The Morgan fingerprint density at radius 2 is 0.407 bits per heavy atom. The monoisotopic (exact) mass is 1140 g/mol. The van der Waals surface area contributed by atoms with E-state index in [1.165, 1.54) is 334 Å². The predicted molar refractivity (Wildman–Crippen MR) is 353 cm³/mol. The van der Waals surface area contributed by atoms with Crippen molar-refractivity contribution >= 4 is 17.9 Å². The lowest BCUT2D eigenvalue weighted by Crippen LogP contribution is -2.30. The van der Waals surface area contributed by atoms with Crippen molar-refractivity contribution in [1.29, 1.82) is 0 Å². The van der Waals surface area contributed by atoms with Gasteiger partial charge in [0, 0.05) is 19.3 Å². The van der Waals surface area contributed by atoms with Crippen molar-refractivity contribution in [2.75, 3.05) is 13.2 Å². The quantitative estimate of drug-likeness (QED) is 0.0261.